The molecule has 5 heteroatoms. The molecule has 8 heavy (non-hydrogen) atoms. The van der Waals surface area contributed by atoms with E-state index in [1.165, 1.54) is 0 Å². The smallest absolute Gasteiger partial charge is 0.318 e. The monoisotopic (exact) mass is 344 g/mol. The normalized spacial score (nSPS) is 11.8. The summed E-state index contributed by atoms with van der Waals surface area (Å²) in [6, 6.07) is 0. The second kappa shape index (κ2) is 6.47. The van der Waals surface area contributed by atoms with Crippen molar-refractivity contribution in [3.63, 3.8) is 0 Å². The van der Waals surface area contributed by atoms with Gasteiger partial charge in [0.15, 0.2) is 0 Å². The van der Waals surface area contributed by atoms with Gasteiger partial charge in [0.2, 0.25) is 0 Å². The van der Waals surface area contributed by atoms with E-state index in [4.69, 9.17) is 5.11 Å². The standard InChI is InChI=1S/C3H4Br2O2.Cd/c4-1-2(5)3(6)7;/h2H,1H2,(H,6,7);. The van der Waals surface area contributed by atoms with Gasteiger partial charge in [-0.2, -0.15) is 0 Å². The zero-order valence-corrected chi connectivity index (χ0v) is 11.3. The molecular weight excluding hydrogens is 340 g/mol. The topological polar surface area (TPSA) is 37.3 Å². The van der Waals surface area contributed by atoms with Crippen LogP contribution in [0.15, 0.2) is 0 Å². The maximum Gasteiger partial charge on any atom is 0.318 e. The first-order chi connectivity index (χ1) is 3.18. The molecule has 0 aromatic rings. The van der Waals surface area contributed by atoms with Crippen LogP contribution in [0, 0.1) is 0 Å². The van der Waals surface area contributed by atoms with Gasteiger partial charge in [-0.15, -0.1) is 0 Å². The Labute approximate surface area is 84.4 Å². The van der Waals surface area contributed by atoms with Crippen LogP contribution >= 0.6 is 31.9 Å². The molecule has 0 spiro atoms. The minimum absolute atomic E-state index is 0. The van der Waals surface area contributed by atoms with Gasteiger partial charge >= 0.3 is 5.97 Å². The van der Waals surface area contributed by atoms with E-state index in [1.807, 2.05) is 0 Å². The van der Waals surface area contributed by atoms with E-state index in [0.29, 0.717) is 5.33 Å². The van der Waals surface area contributed by atoms with Crippen molar-refractivity contribution in [3.8, 4) is 0 Å². The molecule has 0 aliphatic rings. The van der Waals surface area contributed by atoms with E-state index >= 15 is 0 Å². The van der Waals surface area contributed by atoms with Crippen molar-refractivity contribution < 1.29 is 37.2 Å². The van der Waals surface area contributed by atoms with Crippen molar-refractivity contribution in [2.75, 3.05) is 5.33 Å². The number of halogens is 2. The van der Waals surface area contributed by atoms with Crippen LogP contribution in [0.3, 0.4) is 0 Å². The summed E-state index contributed by atoms with van der Waals surface area (Å²) >= 11 is 5.88. The average Bonchev–Trinajstić information content (AvgIpc) is 1.65. The van der Waals surface area contributed by atoms with E-state index in [0.717, 1.165) is 0 Å². The summed E-state index contributed by atoms with van der Waals surface area (Å²) in [7, 11) is 0. The molecule has 1 N–H and O–H groups in total. The third kappa shape index (κ3) is 5.49. The molecule has 0 aromatic carbocycles. The fourth-order valence-electron chi connectivity index (χ4n) is 0.0660. The number of carboxylic acids is 1. The first kappa shape index (κ1) is 12.1. The van der Waals surface area contributed by atoms with Gasteiger partial charge in [-0.3, -0.25) is 4.79 Å². The molecule has 0 rings (SSSR count). The molecule has 0 aliphatic heterocycles. The maximum absolute atomic E-state index is 9.85. The molecule has 0 heterocycles. The second-order valence-electron chi connectivity index (χ2n) is 0.960. The molecule has 0 amide bonds. The predicted octanol–water partition coefficient (Wildman–Crippen LogP) is 1.23. The summed E-state index contributed by atoms with van der Waals surface area (Å²) < 4.78 is 0. The molecule has 2 nitrogen and oxygen atoms in total. The van der Waals surface area contributed by atoms with Crippen molar-refractivity contribution in [1.82, 2.24) is 0 Å². The average molecular weight is 344 g/mol. The van der Waals surface area contributed by atoms with Crippen LogP contribution in [0.1, 0.15) is 0 Å². The van der Waals surface area contributed by atoms with E-state index in [1.54, 1.807) is 0 Å². The van der Waals surface area contributed by atoms with Gasteiger partial charge in [-0.05, 0) is 0 Å². The number of rotatable bonds is 2. The number of carboxylic acid groups (broad SMARTS) is 1. The van der Waals surface area contributed by atoms with Crippen LogP contribution in [0.5, 0.6) is 0 Å². The SMILES string of the molecule is O=C(O)C(Br)CBr.[Cd]. The Hall–Kier alpha value is 1.35. The zero-order chi connectivity index (χ0) is 5.86. The van der Waals surface area contributed by atoms with Crippen molar-refractivity contribution in [3.05, 3.63) is 0 Å². The van der Waals surface area contributed by atoms with Gasteiger partial charge < -0.3 is 5.11 Å². The van der Waals surface area contributed by atoms with Crippen molar-refractivity contribution in [1.29, 1.82) is 0 Å². The summed E-state index contributed by atoms with van der Waals surface area (Å²) in [5, 5.41) is 8.55. The van der Waals surface area contributed by atoms with E-state index in [-0.39, 0.29) is 27.3 Å². The summed E-state index contributed by atoms with van der Waals surface area (Å²) in [4.78, 5) is 9.40. The van der Waals surface area contributed by atoms with Crippen molar-refractivity contribution >= 4 is 37.8 Å². The van der Waals surface area contributed by atoms with Gasteiger partial charge in [-0.1, -0.05) is 31.9 Å². The molecule has 1 unspecified atom stereocenters. The summed E-state index contributed by atoms with van der Waals surface area (Å²) in [6.45, 7) is 0. The summed E-state index contributed by atoms with van der Waals surface area (Å²) in [6.07, 6.45) is 0. The van der Waals surface area contributed by atoms with Crippen molar-refractivity contribution in [2.45, 2.75) is 4.83 Å². The first-order valence-corrected chi connectivity index (χ1v) is 3.65. The van der Waals surface area contributed by atoms with Crippen LogP contribution in [0.2, 0.25) is 0 Å². The van der Waals surface area contributed by atoms with Crippen molar-refractivity contribution in [2.24, 2.45) is 0 Å². The molecular formula is C3H4Br2CdO2. The molecule has 44 valence electrons. The number of aliphatic carboxylic acids is 1. The third-order valence-electron chi connectivity index (χ3n) is 0.403. The van der Waals surface area contributed by atoms with Gasteiger partial charge in [0.1, 0.15) is 4.83 Å². The molecule has 0 aromatic heterocycles. The van der Waals surface area contributed by atoms with Gasteiger partial charge in [0.05, 0.1) is 0 Å². The Morgan fingerprint density at radius 2 is 2.12 bits per heavy atom. The molecule has 0 aliphatic carbocycles. The minimum Gasteiger partial charge on any atom is -0.480 e. The van der Waals surface area contributed by atoms with E-state index in [2.05, 4.69) is 31.9 Å². The Kier molecular flexibility index (Phi) is 9.76. The number of carbonyl (C=O) groups is 1. The summed E-state index contributed by atoms with van der Waals surface area (Å²) in [5.74, 6) is -0.836. The van der Waals surface area contributed by atoms with Gasteiger partial charge in [0.25, 0.3) is 0 Å². The first-order valence-electron chi connectivity index (χ1n) is 1.61. The third-order valence-corrected chi connectivity index (χ3v) is 2.64. The van der Waals surface area contributed by atoms with Crippen LogP contribution in [-0.4, -0.2) is 21.2 Å². The predicted molar refractivity (Wildman–Crippen MR) is 34.1 cm³/mol. The minimum atomic E-state index is -0.836. The number of alkyl halides is 2. The van der Waals surface area contributed by atoms with Crippen LogP contribution < -0.4 is 0 Å². The zero-order valence-electron chi connectivity index (χ0n) is 4.10. The second-order valence-corrected chi connectivity index (χ2v) is 2.71. The quantitative estimate of drug-likeness (QED) is 0.604. The molecule has 1 atom stereocenters. The number of hydrogen-bond donors (Lipinski definition) is 1. The Balaban J connectivity index is 0. The maximum atomic E-state index is 9.85. The van der Waals surface area contributed by atoms with Crippen LogP contribution in [-0.2, 0) is 32.1 Å². The van der Waals surface area contributed by atoms with Gasteiger partial charge in [-0.25, -0.2) is 0 Å². The molecule has 0 radical (unpaired) electrons. The van der Waals surface area contributed by atoms with Crippen LogP contribution in [0.4, 0.5) is 0 Å². The van der Waals surface area contributed by atoms with E-state index < -0.39 is 10.8 Å². The Morgan fingerprint density at radius 3 is 2.12 bits per heavy atom. The van der Waals surface area contributed by atoms with Crippen LogP contribution in [0.25, 0.3) is 0 Å². The van der Waals surface area contributed by atoms with Gasteiger partial charge in [0, 0.05) is 32.6 Å². The Morgan fingerprint density at radius 1 is 1.75 bits per heavy atom. The fraction of sp³-hybridized carbons (Fsp3) is 0.667. The largest absolute Gasteiger partial charge is 0.480 e. The molecule has 0 bridgehead atoms. The molecule has 0 fully saturated rings. The fourth-order valence-corrected chi connectivity index (χ4v) is 0.343. The number of hydrogen-bond acceptors (Lipinski definition) is 1. The summed E-state index contributed by atoms with van der Waals surface area (Å²) in [5.41, 5.74) is 0. The Bertz CT molecular complexity index is 77.7. The molecule has 0 saturated carbocycles. The van der Waals surface area contributed by atoms with E-state index in [9.17, 15) is 4.79 Å². The molecule has 0 saturated heterocycles.